The highest BCUT2D eigenvalue weighted by atomic mass is 16.7. The number of nitrogens with zero attached hydrogens (tertiary/aromatic N) is 2. The highest BCUT2D eigenvalue weighted by Crippen LogP contribution is 2.50. The molecule has 2 heterocycles. The molecule has 0 unspecified atom stereocenters. The number of ether oxygens (including phenoxy) is 1. The first kappa shape index (κ1) is 24.5. The van der Waals surface area contributed by atoms with E-state index in [0.717, 1.165) is 40.9 Å². The van der Waals surface area contributed by atoms with Gasteiger partial charge in [-0.05, 0) is 55.5 Å². The van der Waals surface area contributed by atoms with Crippen LogP contribution in [-0.4, -0.2) is 17.1 Å². The van der Waals surface area contributed by atoms with Crippen LogP contribution in [0.1, 0.15) is 42.7 Å². The molecule has 0 radical (unpaired) electrons. The van der Waals surface area contributed by atoms with Crippen LogP contribution in [0.4, 0.5) is 10.5 Å². The zero-order chi connectivity index (χ0) is 27.0. The first-order chi connectivity index (χ1) is 18.9. The summed E-state index contributed by atoms with van der Waals surface area (Å²) in [5, 5.41) is 6.88. The van der Waals surface area contributed by atoms with Gasteiger partial charge in [-0.25, -0.2) is 10.3 Å². The van der Waals surface area contributed by atoms with Crippen LogP contribution in [-0.2, 0) is 15.0 Å². The van der Waals surface area contributed by atoms with E-state index < -0.39 is 12.2 Å². The van der Waals surface area contributed by atoms with Crippen molar-refractivity contribution in [2.45, 2.75) is 38.2 Å². The summed E-state index contributed by atoms with van der Waals surface area (Å²) in [4.78, 5) is 22.3. The van der Waals surface area contributed by atoms with Crippen molar-refractivity contribution in [2.24, 2.45) is 4.99 Å². The SMILES string of the molecule is C=C1N=C(C2(c3ccc(-c4ccc(-c5onc(C)c5NC(=O)O[C@H](C)c5ccccc5)cc4)cc3)CC2)NO1. The van der Waals surface area contributed by atoms with Gasteiger partial charge < -0.3 is 14.1 Å². The van der Waals surface area contributed by atoms with E-state index in [1.807, 2.05) is 61.5 Å². The molecule has 4 aromatic rings. The predicted molar refractivity (Wildman–Crippen MR) is 149 cm³/mol. The van der Waals surface area contributed by atoms with Crippen molar-refractivity contribution in [2.75, 3.05) is 5.32 Å². The largest absolute Gasteiger partial charge is 0.441 e. The molecule has 3 aromatic carbocycles. The zero-order valence-electron chi connectivity index (χ0n) is 21.7. The quantitative estimate of drug-likeness (QED) is 0.271. The summed E-state index contributed by atoms with van der Waals surface area (Å²) in [6.07, 6.45) is 1.08. The Morgan fingerprint density at radius 1 is 1.00 bits per heavy atom. The number of benzene rings is 3. The number of carbonyl (C=O) groups excluding carboxylic acids is 1. The summed E-state index contributed by atoms with van der Waals surface area (Å²) in [7, 11) is 0. The average molecular weight is 521 g/mol. The minimum Gasteiger partial charge on any atom is -0.441 e. The third-order valence-electron chi connectivity index (χ3n) is 7.27. The maximum atomic E-state index is 12.6. The number of hydrogen-bond acceptors (Lipinski definition) is 7. The van der Waals surface area contributed by atoms with Crippen LogP contribution < -0.4 is 10.8 Å². The number of amides is 1. The minimum atomic E-state index is -0.571. The molecular formula is C31H28N4O4. The molecule has 8 nitrogen and oxygen atoms in total. The Labute approximate surface area is 226 Å². The predicted octanol–water partition coefficient (Wildman–Crippen LogP) is 7.06. The monoisotopic (exact) mass is 520 g/mol. The lowest BCUT2D eigenvalue weighted by molar-refractivity contribution is 0.121. The summed E-state index contributed by atoms with van der Waals surface area (Å²) in [5.41, 5.74) is 8.92. The number of anilines is 1. The standard InChI is InChI=1S/C31H28N4O4/c1-19-27(33-30(36)37-20(2)22-7-5-4-6-8-22)28(39-34-19)25-11-9-23(10-12-25)24-13-15-26(16-14-24)31(17-18-31)29-32-21(3)38-35-29/h4-16,20H,3,17-18H2,1-2H3,(H,32,35)(H,33,36)/t20-/m1/s1. The highest BCUT2D eigenvalue weighted by molar-refractivity contribution is 5.97. The van der Waals surface area contributed by atoms with Gasteiger partial charge >= 0.3 is 6.09 Å². The van der Waals surface area contributed by atoms with Gasteiger partial charge in [-0.2, -0.15) is 4.99 Å². The van der Waals surface area contributed by atoms with Gasteiger partial charge in [-0.1, -0.05) is 84.0 Å². The second-order valence-corrected chi connectivity index (χ2v) is 9.85. The Balaban J connectivity index is 1.16. The van der Waals surface area contributed by atoms with Crippen LogP contribution in [0, 0.1) is 6.92 Å². The molecule has 1 fully saturated rings. The Morgan fingerprint density at radius 3 is 2.26 bits per heavy atom. The van der Waals surface area contributed by atoms with Crippen molar-refractivity contribution in [1.82, 2.24) is 10.6 Å². The van der Waals surface area contributed by atoms with Crippen molar-refractivity contribution in [1.29, 1.82) is 0 Å². The van der Waals surface area contributed by atoms with Gasteiger partial charge in [0.2, 0.25) is 5.88 Å². The Morgan fingerprint density at radius 2 is 1.64 bits per heavy atom. The summed E-state index contributed by atoms with van der Waals surface area (Å²) >= 11 is 0. The van der Waals surface area contributed by atoms with Crippen molar-refractivity contribution in [3.05, 3.63) is 108 Å². The molecule has 2 N–H and O–H groups in total. The molecule has 196 valence electrons. The highest BCUT2D eigenvalue weighted by Gasteiger charge is 2.51. The summed E-state index contributed by atoms with van der Waals surface area (Å²) in [5.74, 6) is 1.70. The third kappa shape index (κ3) is 4.77. The summed E-state index contributed by atoms with van der Waals surface area (Å²) in [6.45, 7) is 7.36. The third-order valence-corrected chi connectivity index (χ3v) is 7.27. The molecule has 0 spiro atoms. The number of aryl methyl sites for hydroxylation is 1. The molecule has 1 amide bonds. The van der Waals surface area contributed by atoms with E-state index in [2.05, 4.69) is 51.8 Å². The lowest BCUT2D eigenvalue weighted by atomic mass is 9.92. The van der Waals surface area contributed by atoms with Crippen LogP contribution in [0.3, 0.4) is 0 Å². The van der Waals surface area contributed by atoms with Crippen molar-refractivity contribution in [3.63, 3.8) is 0 Å². The lowest BCUT2D eigenvalue weighted by Gasteiger charge is -2.15. The van der Waals surface area contributed by atoms with E-state index in [9.17, 15) is 4.79 Å². The number of aliphatic imine (C=N–C) groups is 1. The molecule has 1 atom stereocenters. The van der Waals surface area contributed by atoms with Crippen LogP contribution in [0.2, 0.25) is 0 Å². The number of aromatic nitrogens is 1. The number of hydroxylamine groups is 1. The molecule has 1 aliphatic carbocycles. The molecule has 0 saturated heterocycles. The van der Waals surface area contributed by atoms with Crippen LogP contribution in [0.25, 0.3) is 22.5 Å². The van der Waals surface area contributed by atoms with E-state index in [4.69, 9.17) is 14.1 Å². The second-order valence-electron chi connectivity index (χ2n) is 9.85. The lowest BCUT2D eigenvalue weighted by Crippen LogP contribution is -2.30. The zero-order valence-corrected chi connectivity index (χ0v) is 21.7. The molecule has 2 aliphatic rings. The van der Waals surface area contributed by atoms with Gasteiger partial charge in [-0.3, -0.25) is 5.32 Å². The second kappa shape index (κ2) is 9.79. The molecule has 39 heavy (non-hydrogen) atoms. The summed E-state index contributed by atoms with van der Waals surface area (Å²) in [6, 6.07) is 26.0. The van der Waals surface area contributed by atoms with E-state index in [1.165, 1.54) is 5.56 Å². The van der Waals surface area contributed by atoms with Crippen molar-refractivity contribution in [3.8, 4) is 22.5 Å². The van der Waals surface area contributed by atoms with Crippen molar-refractivity contribution < 1.29 is 18.9 Å². The van der Waals surface area contributed by atoms with Crippen LogP contribution in [0.5, 0.6) is 0 Å². The molecule has 1 aliphatic heterocycles. The Kier molecular flexibility index (Phi) is 6.15. The molecular weight excluding hydrogens is 492 g/mol. The van der Waals surface area contributed by atoms with E-state index in [0.29, 0.717) is 23.0 Å². The number of hydrogen-bond donors (Lipinski definition) is 2. The van der Waals surface area contributed by atoms with Crippen molar-refractivity contribution >= 4 is 17.6 Å². The van der Waals surface area contributed by atoms with Gasteiger partial charge in [0.25, 0.3) is 0 Å². The Hall–Kier alpha value is -4.85. The smallest absolute Gasteiger partial charge is 0.412 e. The van der Waals surface area contributed by atoms with Gasteiger partial charge in [0.05, 0.1) is 5.41 Å². The minimum absolute atomic E-state index is 0.116. The molecule has 8 heteroatoms. The fraction of sp³-hybridized carbons (Fsp3) is 0.194. The van der Waals surface area contributed by atoms with E-state index >= 15 is 0 Å². The van der Waals surface area contributed by atoms with Crippen LogP contribution >= 0.6 is 0 Å². The topological polar surface area (TPSA) is 98.0 Å². The molecule has 0 bridgehead atoms. The molecule has 1 saturated carbocycles. The first-order valence-electron chi connectivity index (χ1n) is 12.8. The Bertz CT molecular complexity index is 1550. The van der Waals surface area contributed by atoms with Crippen LogP contribution in [0.15, 0.2) is 101 Å². The maximum Gasteiger partial charge on any atom is 0.412 e. The molecule has 6 rings (SSSR count). The normalized spacial score (nSPS) is 16.1. The first-order valence-corrected chi connectivity index (χ1v) is 12.8. The number of amidine groups is 1. The fourth-order valence-electron chi connectivity index (χ4n) is 4.86. The maximum absolute atomic E-state index is 12.6. The van der Waals surface area contributed by atoms with Gasteiger partial charge in [-0.15, -0.1) is 0 Å². The summed E-state index contributed by atoms with van der Waals surface area (Å²) < 4.78 is 11.1. The molecule has 1 aromatic heterocycles. The number of rotatable bonds is 7. The van der Waals surface area contributed by atoms with E-state index in [1.54, 1.807) is 6.92 Å². The van der Waals surface area contributed by atoms with Gasteiger partial charge in [0.1, 0.15) is 17.5 Å². The number of nitrogens with one attached hydrogen (secondary N) is 2. The fourth-order valence-corrected chi connectivity index (χ4v) is 4.86. The van der Waals surface area contributed by atoms with Gasteiger partial charge in [0.15, 0.2) is 11.6 Å². The van der Waals surface area contributed by atoms with Gasteiger partial charge in [0, 0.05) is 5.56 Å². The average Bonchev–Trinajstić information content (AvgIpc) is 3.53. The van der Waals surface area contributed by atoms with E-state index in [-0.39, 0.29) is 5.41 Å². The number of carbonyl (C=O) groups is 1.